The largest absolute Gasteiger partial charge is 0.493 e. The highest BCUT2D eigenvalue weighted by molar-refractivity contribution is 7.91. The average Bonchev–Trinajstić information content (AvgIpc) is 3.27. The van der Waals surface area contributed by atoms with Crippen molar-refractivity contribution in [3.8, 4) is 5.75 Å². The first-order chi connectivity index (χ1) is 15.8. The van der Waals surface area contributed by atoms with Gasteiger partial charge in [-0.15, -0.1) is 0 Å². The molecule has 0 unspecified atom stereocenters. The van der Waals surface area contributed by atoms with Crippen molar-refractivity contribution in [3.05, 3.63) is 60.2 Å². The summed E-state index contributed by atoms with van der Waals surface area (Å²) in [5.74, 6) is -0.653. The SMILES string of the molecule is O=C1N[C@@]2(CCOc3ccccc32)C(=O)N1CC(=O)N(c1ccccc1)[C@H]1CCS(=O)(=O)C1. The van der Waals surface area contributed by atoms with E-state index in [1.54, 1.807) is 54.6 Å². The van der Waals surface area contributed by atoms with Crippen LogP contribution in [0.1, 0.15) is 18.4 Å². The third-order valence-corrected chi connectivity index (χ3v) is 8.18. The molecule has 1 N–H and O–H groups in total. The quantitative estimate of drug-likeness (QED) is 0.678. The van der Waals surface area contributed by atoms with Gasteiger partial charge in [0.1, 0.15) is 12.3 Å². The van der Waals surface area contributed by atoms with Gasteiger partial charge in [-0.1, -0.05) is 36.4 Å². The summed E-state index contributed by atoms with van der Waals surface area (Å²) in [6.45, 7) is -0.234. The van der Waals surface area contributed by atoms with E-state index in [-0.39, 0.29) is 24.5 Å². The van der Waals surface area contributed by atoms with Gasteiger partial charge in [0.05, 0.1) is 24.2 Å². The molecule has 2 atom stereocenters. The van der Waals surface area contributed by atoms with E-state index in [0.717, 1.165) is 4.90 Å². The van der Waals surface area contributed by atoms with Crippen molar-refractivity contribution in [2.45, 2.75) is 24.4 Å². The third-order valence-electron chi connectivity index (χ3n) is 6.43. The molecule has 5 rings (SSSR count). The number of benzene rings is 2. The highest BCUT2D eigenvalue weighted by Gasteiger charge is 2.55. The van der Waals surface area contributed by atoms with Crippen molar-refractivity contribution < 1.29 is 27.5 Å². The minimum absolute atomic E-state index is 0.00267. The second kappa shape index (κ2) is 7.87. The Morgan fingerprint density at radius 2 is 1.85 bits per heavy atom. The van der Waals surface area contributed by atoms with Crippen LogP contribution in [0.4, 0.5) is 10.5 Å². The van der Waals surface area contributed by atoms with Gasteiger partial charge < -0.3 is 15.0 Å². The minimum atomic E-state index is -3.25. The lowest BCUT2D eigenvalue weighted by molar-refractivity contribution is -0.135. The zero-order valence-electron chi connectivity index (χ0n) is 17.8. The Balaban J connectivity index is 1.44. The number of hydrogen-bond acceptors (Lipinski definition) is 6. The normalized spacial score (nSPS) is 25.5. The molecule has 0 radical (unpaired) electrons. The number of fused-ring (bicyclic) bond motifs is 2. The first kappa shape index (κ1) is 21.4. The number of hydrogen-bond donors (Lipinski definition) is 1. The van der Waals surface area contributed by atoms with Crippen LogP contribution in [0.2, 0.25) is 0 Å². The number of anilines is 1. The zero-order chi connectivity index (χ0) is 23.2. The van der Waals surface area contributed by atoms with Gasteiger partial charge in [-0.2, -0.15) is 0 Å². The van der Waals surface area contributed by atoms with Crippen LogP contribution in [0.15, 0.2) is 54.6 Å². The number of ether oxygens (including phenoxy) is 1. The molecule has 10 heteroatoms. The fourth-order valence-corrected chi connectivity index (χ4v) is 6.55. The molecule has 3 aliphatic rings. The number of sulfone groups is 1. The van der Waals surface area contributed by atoms with E-state index in [4.69, 9.17) is 4.74 Å². The van der Waals surface area contributed by atoms with Crippen LogP contribution in [-0.4, -0.2) is 61.9 Å². The number of para-hydroxylation sites is 2. The number of rotatable bonds is 4. The van der Waals surface area contributed by atoms with Crippen LogP contribution in [0.3, 0.4) is 0 Å². The van der Waals surface area contributed by atoms with E-state index in [1.807, 2.05) is 0 Å². The fourth-order valence-electron chi connectivity index (χ4n) is 4.85. The average molecular weight is 470 g/mol. The van der Waals surface area contributed by atoms with Crippen LogP contribution in [-0.2, 0) is 25.0 Å². The maximum Gasteiger partial charge on any atom is 0.325 e. The number of carbonyl (C=O) groups excluding carboxylic acids is 3. The minimum Gasteiger partial charge on any atom is -0.493 e. The van der Waals surface area contributed by atoms with Gasteiger partial charge in [0, 0.05) is 17.7 Å². The van der Waals surface area contributed by atoms with Crippen molar-refractivity contribution in [1.82, 2.24) is 10.2 Å². The number of urea groups is 1. The molecule has 4 amide bonds. The van der Waals surface area contributed by atoms with Gasteiger partial charge in [-0.3, -0.25) is 14.5 Å². The standard InChI is InChI=1S/C23H23N3O6S/c27-20(26(16-6-2-1-3-7-16)17-10-13-33(30,31)15-17)14-25-21(28)23(24-22(25)29)11-12-32-19-9-5-4-8-18(19)23/h1-9,17H,10-15H2,(H,24,29)/t17-,23+/m0/s1. The third kappa shape index (κ3) is 3.64. The summed E-state index contributed by atoms with van der Waals surface area (Å²) in [7, 11) is -3.25. The number of imide groups is 1. The van der Waals surface area contributed by atoms with Crippen molar-refractivity contribution >= 4 is 33.4 Å². The second-order valence-electron chi connectivity index (χ2n) is 8.48. The van der Waals surface area contributed by atoms with E-state index in [1.165, 1.54) is 4.90 Å². The Labute approximate surface area is 191 Å². The van der Waals surface area contributed by atoms with E-state index in [9.17, 15) is 22.8 Å². The Morgan fingerprint density at radius 1 is 1.12 bits per heavy atom. The molecule has 0 bridgehead atoms. The molecule has 33 heavy (non-hydrogen) atoms. The summed E-state index contributed by atoms with van der Waals surface area (Å²) in [6.07, 6.45) is 0.556. The summed E-state index contributed by atoms with van der Waals surface area (Å²) in [4.78, 5) is 42.1. The van der Waals surface area contributed by atoms with Crippen LogP contribution >= 0.6 is 0 Å². The van der Waals surface area contributed by atoms with E-state index < -0.39 is 45.8 Å². The summed E-state index contributed by atoms with van der Waals surface area (Å²) in [5, 5.41) is 2.78. The van der Waals surface area contributed by atoms with Crippen LogP contribution in [0.25, 0.3) is 0 Å². The fraction of sp³-hybridized carbons (Fsp3) is 0.348. The van der Waals surface area contributed by atoms with Crippen molar-refractivity contribution in [2.24, 2.45) is 0 Å². The molecule has 3 heterocycles. The van der Waals surface area contributed by atoms with Gasteiger partial charge in [-0.25, -0.2) is 13.2 Å². The maximum absolute atomic E-state index is 13.5. The highest BCUT2D eigenvalue weighted by atomic mass is 32.2. The molecule has 3 aliphatic heterocycles. The molecule has 2 aromatic rings. The van der Waals surface area contributed by atoms with E-state index in [2.05, 4.69) is 5.32 Å². The summed E-state index contributed by atoms with van der Waals surface area (Å²) in [5.41, 5.74) is -0.186. The van der Waals surface area contributed by atoms with Crippen LogP contribution < -0.4 is 15.0 Å². The van der Waals surface area contributed by atoms with E-state index >= 15 is 0 Å². The lowest BCUT2D eigenvalue weighted by atomic mass is 9.84. The molecule has 0 aromatic heterocycles. The van der Waals surface area contributed by atoms with Crippen molar-refractivity contribution in [1.29, 1.82) is 0 Å². The predicted molar refractivity (Wildman–Crippen MR) is 119 cm³/mol. The molecule has 0 saturated carbocycles. The Morgan fingerprint density at radius 3 is 2.58 bits per heavy atom. The van der Waals surface area contributed by atoms with Crippen molar-refractivity contribution in [2.75, 3.05) is 29.6 Å². The Hall–Kier alpha value is -3.40. The molecule has 9 nitrogen and oxygen atoms in total. The Bertz CT molecular complexity index is 1230. The van der Waals surface area contributed by atoms with Gasteiger partial charge in [0.2, 0.25) is 5.91 Å². The molecule has 2 fully saturated rings. The number of carbonyl (C=O) groups is 3. The van der Waals surface area contributed by atoms with Gasteiger partial charge in [-0.05, 0) is 24.6 Å². The smallest absolute Gasteiger partial charge is 0.325 e. The molecule has 172 valence electrons. The first-order valence-electron chi connectivity index (χ1n) is 10.7. The number of nitrogens with one attached hydrogen (secondary N) is 1. The lowest BCUT2D eigenvalue weighted by Gasteiger charge is -2.33. The molecule has 1 spiro atoms. The topological polar surface area (TPSA) is 113 Å². The van der Waals surface area contributed by atoms with Crippen LogP contribution in [0.5, 0.6) is 5.75 Å². The lowest BCUT2D eigenvalue weighted by Crippen LogP contribution is -2.50. The molecule has 2 aromatic carbocycles. The summed E-state index contributed by atoms with van der Waals surface area (Å²) < 4.78 is 29.8. The zero-order valence-corrected chi connectivity index (χ0v) is 18.6. The summed E-state index contributed by atoms with van der Waals surface area (Å²) >= 11 is 0. The van der Waals surface area contributed by atoms with E-state index in [0.29, 0.717) is 23.4 Å². The number of nitrogens with zero attached hydrogens (tertiary/aromatic N) is 2. The van der Waals surface area contributed by atoms with Crippen molar-refractivity contribution in [3.63, 3.8) is 0 Å². The van der Waals surface area contributed by atoms with Gasteiger partial charge >= 0.3 is 6.03 Å². The first-order valence-corrected chi connectivity index (χ1v) is 12.6. The Kier molecular flexibility index (Phi) is 5.12. The number of amides is 4. The van der Waals surface area contributed by atoms with Gasteiger partial charge in [0.15, 0.2) is 15.4 Å². The molecular formula is C23H23N3O6S. The van der Waals surface area contributed by atoms with Crippen LogP contribution in [0, 0.1) is 0 Å². The molecule has 0 aliphatic carbocycles. The summed E-state index contributed by atoms with van der Waals surface area (Å²) in [6, 6.07) is 14.5. The second-order valence-corrected chi connectivity index (χ2v) is 10.7. The highest BCUT2D eigenvalue weighted by Crippen LogP contribution is 2.41. The molecule has 2 saturated heterocycles. The molecular weight excluding hydrogens is 446 g/mol. The monoisotopic (exact) mass is 469 g/mol. The van der Waals surface area contributed by atoms with Gasteiger partial charge in [0.25, 0.3) is 5.91 Å². The maximum atomic E-state index is 13.5. The predicted octanol–water partition coefficient (Wildman–Crippen LogP) is 1.44.